The molecule has 1 aromatic carbocycles. The molecule has 1 aliphatic carbocycles. The van der Waals surface area contributed by atoms with Crippen LogP contribution in [0, 0.1) is 0 Å². The molecule has 20 heavy (non-hydrogen) atoms. The van der Waals surface area contributed by atoms with Crippen molar-refractivity contribution in [1.29, 1.82) is 0 Å². The first-order valence-corrected chi connectivity index (χ1v) is 8.27. The Hall–Kier alpha value is -0.570. The molecule has 1 aromatic rings. The molecular formula is C17H27ClN2. The standard InChI is InChI=1S/C17H27ClN2/c1-3-17(14-7-6-8-15(18)13-14)19-11-12-20(2)16-9-4-5-10-16/h6-8,13,16-17,19H,3-5,9-12H2,1-2H3. The molecule has 0 radical (unpaired) electrons. The Morgan fingerprint density at radius 1 is 1.35 bits per heavy atom. The molecule has 0 amide bonds. The van der Waals surface area contributed by atoms with Gasteiger partial charge in [0.2, 0.25) is 0 Å². The highest BCUT2D eigenvalue weighted by molar-refractivity contribution is 6.30. The van der Waals surface area contributed by atoms with Gasteiger partial charge in [-0.25, -0.2) is 0 Å². The van der Waals surface area contributed by atoms with Gasteiger partial charge in [-0.3, -0.25) is 0 Å². The average molecular weight is 295 g/mol. The van der Waals surface area contributed by atoms with Crippen LogP contribution < -0.4 is 5.32 Å². The topological polar surface area (TPSA) is 15.3 Å². The molecule has 1 atom stereocenters. The van der Waals surface area contributed by atoms with Crippen LogP contribution in [0.1, 0.15) is 50.6 Å². The van der Waals surface area contributed by atoms with Gasteiger partial charge in [0.25, 0.3) is 0 Å². The van der Waals surface area contributed by atoms with Gasteiger partial charge in [0.15, 0.2) is 0 Å². The Bertz CT molecular complexity index is 402. The lowest BCUT2D eigenvalue weighted by Crippen LogP contribution is -2.36. The van der Waals surface area contributed by atoms with Gasteiger partial charge >= 0.3 is 0 Å². The van der Waals surface area contributed by atoms with Gasteiger partial charge in [-0.05, 0) is 44.0 Å². The molecule has 1 saturated carbocycles. The predicted octanol–water partition coefficient (Wildman–Crippen LogP) is 4.26. The summed E-state index contributed by atoms with van der Waals surface area (Å²) in [5, 5.41) is 4.49. The van der Waals surface area contributed by atoms with Crippen LogP contribution in [0.25, 0.3) is 0 Å². The van der Waals surface area contributed by atoms with Crippen molar-refractivity contribution in [2.45, 2.75) is 51.1 Å². The Kier molecular flexibility index (Phi) is 6.34. The van der Waals surface area contributed by atoms with Crippen LogP contribution in [0.2, 0.25) is 5.02 Å². The van der Waals surface area contributed by atoms with Crippen molar-refractivity contribution in [3.05, 3.63) is 34.9 Å². The van der Waals surface area contributed by atoms with E-state index >= 15 is 0 Å². The molecule has 0 spiro atoms. The predicted molar refractivity (Wildman–Crippen MR) is 87.4 cm³/mol. The third kappa shape index (κ3) is 4.47. The Morgan fingerprint density at radius 3 is 2.75 bits per heavy atom. The van der Waals surface area contributed by atoms with E-state index in [9.17, 15) is 0 Å². The van der Waals surface area contributed by atoms with Crippen molar-refractivity contribution >= 4 is 11.6 Å². The second kappa shape index (κ2) is 8.02. The quantitative estimate of drug-likeness (QED) is 0.808. The maximum atomic E-state index is 6.08. The third-order valence-electron chi connectivity index (χ3n) is 4.46. The molecule has 2 nitrogen and oxygen atoms in total. The summed E-state index contributed by atoms with van der Waals surface area (Å²) in [5.41, 5.74) is 1.29. The van der Waals surface area contributed by atoms with Crippen LogP contribution in [0.3, 0.4) is 0 Å². The van der Waals surface area contributed by atoms with Gasteiger partial charge in [0.05, 0.1) is 0 Å². The first-order valence-electron chi connectivity index (χ1n) is 7.89. The van der Waals surface area contributed by atoms with E-state index in [0.29, 0.717) is 6.04 Å². The van der Waals surface area contributed by atoms with Gasteiger partial charge in [0, 0.05) is 30.2 Å². The summed E-state index contributed by atoms with van der Waals surface area (Å²) in [4.78, 5) is 2.52. The number of benzene rings is 1. The molecule has 0 aromatic heterocycles. The van der Waals surface area contributed by atoms with Crippen molar-refractivity contribution < 1.29 is 0 Å². The van der Waals surface area contributed by atoms with E-state index < -0.39 is 0 Å². The summed E-state index contributed by atoms with van der Waals surface area (Å²) >= 11 is 6.08. The first-order chi connectivity index (χ1) is 9.70. The smallest absolute Gasteiger partial charge is 0.0409 e. The summed E-state index contributed by atoms with van der Waals surface area (Å²) in [5.74, 6) is 0. The molecular weight excluding hydrogens is 268 g/mol. The number of halogens is 1. The fourth-order valence-electron chi connectivity index (χ4n) is 3.16. The number of likely N-dealkylation sites (N-methyl/N-ethyl adjacent to an activating group) is 1. The van der Waals surface area contributed by atoms with Gasteiger partial charge in [-0.1, -0.05) is 43.5 Å². The summed E-state index contributed by atoms with van der Waals surface area (Å²) in [6, 6.07) is 9.42. The van der Waals surface area contributed by atoms with Crippen molar-refractivity contribution in [3.63, 3.8) is 0 Å². The van der Waals surface area contributed by atoms with Gasteiger partial charge in [-0.15, -0.1) is 0 Å². The summed E-state index contributed by atoms with van der Waals surface area (Å²) in [7, 11) is 2.26. The lowest BCUT2D eigenvalue weighted by molar-refractivity contribution is 0.242. The zero-order valence-electron chi connectivity index (χ0n) is 12.7. The Labute approximate surface area is 128 Å². The molecule has 0 saturated heterocycles. The largest absolute Gasteiger partial charge is 0.309 e. The first kappa shape index (κ1) is 15.8. The molecule has 0 heterocycles. The Balaban J connectivity index is 1.79. The lowest BCUT2D eigenvalue weighted by atomic mass is 10.0. The monoisotopic (exact) mass is 294 g/mol. The van der Waals surface area contributed by atoms with Crippen LogP contribution in [-0.2, 0) is 0 Å². The number of nitrogens with zero attached hydrogens (tertiary/aromatic N) is 1. The minimum atomic E-state index is 0.408. The van der Waals surface area contributed by atoms with Gasteiger partial charge in [-0.2, -0.15) is 0 Å². The number of hydrogen-bond donors (Lipinski definition) is 1. The molecule has 0 aliphatic heterocycles. The second-order valence-electron chi connectivity index (χ2n) is 5.89. The SMILES string of the molecule is CCC(NCCN(C)C1CCCC1)c1cccc(Cl)c1. The van der Waals surface area contributed by atoms with E-state index in [2.05, 4.69) is 36.3 Å². The summed E-state index contributed by atoms with van der Waals surface area (Å²) in [6.07, 6.45) is 6.66. The van der Waals surface area contributed by atoms with Crippen LogP contribution in [-0.4, -0.2) is 31.1 Å². The van der Waals surface area contributed by atoms with Crippen molar-refractivity contribution in [2.75, 3.05) is 20.1 Å². The fraction of sp³-hybridized carbons (Fsp3) is 0.647. The highest BCUT2D eigenvalue weighted by Crippen LogP contribution is 2.22. The Morgan fingerprint density at radius 2 is 2.10 bits per heavy atom. The van der Waals surface area contributed by atoms with Crippen LogP contribution in [0.4, 0.5) is 0 Å². The zero-order chi connectivity index (χ0) is 14.4. The summed E-state index contributed by atoms with van der Waals surface area (Å²) in [6.45, 7) is 4.39. The van der Waals surface area contributed by atoms with Crippen molar-refractivity contribution in [2.24, 2.45) is 0 Å². The van der Waals surface area contributed by atoms with Crippen LogP contribution in [0.15, 0.2) is 24.3 Å². The van der Waals surface area contributed by atoms with Crippen LogP contribution in [0.5, 0.6) is 0 Å². The fourth-order valence-corrected chi connectivity index (χ4v) is 3.36. The molecule has 2 rings (SSSR count). The maximum absolute atomic E-state index is 6.08. The van der Waals surface area contributed by atoms with E-state index in [-0.39, 0.29) is 0 Å². The van der Waals surface area contributed by atoms with E-state index in [1.54, 1.807) is 0 Å². The highest BCUT2D eigenvalue weighted by atomic mass is 35.5. The number of nitrogens with one attached hydrogen (secondary N) is 1. The third-order valence-corrected chi connectivity index (χ3v) is 4.70. The lowest BCUT2D eigenvalue weighted by Gasteiger charge is -2.25. The van der Waals surface area contributed by atoms with Gasteiger partial charge in [0.1, 0.15) is 0 Å². The van der Waals surface area contributed by atoms with E-state index in [1.807, 2.05) is 12.1 Å². The molecule has 112 valence electrons. The molecule has 1 unspecified atom stereocenters. The number of hydrogen-bond acceptors (Lipinski definition) is 2. The van der Waals surface area contributed by atoms with Crippen molar-refractivity contribution in [1.82, 2.24) is 10.2 Å². The van der Waals surface area contributed by atoms with E-state index in [4.69, 9.17) is 11.6 Å². The van der Waals surface area contributed by atoms with Crippen LogP contribution >= 0.6 is 11.6 Å². The zero-order valence-corrected chi connectivity index (χ0v) is 13.5. The average Bonchev–Trinajstić information content (AvgIpc) is 2.97. The molecule has 1 fully saturated rings. The second-order valence-corrected chi connectivity index (χ2v) is 6.33. The molecule has 3 heteroatoms. The normalized spacial score (nSPS) is 17.8. The maximum Gasteiger partial charge on any atom is 0.0409 e. The minimum absolute atomic E-state index is 0.408. The number of rotatable bonds is 7. The molecule has 1 aliphatic rings. The molecule has 1 N–H and O–H groups in total. The highest BCUT2D eigenvalue weighted by Gasteiger charge is 2.19. The van der Waals surface area contributed by atoms with E-state index in [0.717, 1.165) is 30.6 Å². The van der Waals surface area contributed by atoms with Gasteiger partial charge < -0.3 is 10.2 Å². The van der Waals surface area contributed by atoms with E-state index in [1.165, 1.54) is 31.2 Å². The minimum Gasteiger partial charge on any atom is -0.309 e. The van der Waals surface area contributed by atoms with Crippen molar-refractivity contribution in [3.8, 4) is 0 Å². The molecule has 0 bridgehead atoms. The summed E-state index contributed by atoms with van der Waals surface area (Å²) < 4.78 is 0.